The number of pyridine rings is 1. The van der Waals surface area contributed by atoms with Gasteiger partial charge in [0.25, 0.3) is 0 Å². The predicted octanol–water partition coefficient (Wildman–Crippen LogP) is 2.46. The third kappa shape index (κ3) is 3.31. The zero-order valence-electron chi connectivity index (χ0n) is 9.50. The van der Waals surface area contributed by atoms with Crippen LogP contribution >= 0.6 is 0 Å². The van der Waals surface area contributed by atoms with E-state index < -0.39 is 0 Å². The summed E-state index contributed by atoms with van der Waals surface area (Å²) in [4.78, 5) is 4.42. The predicted molar refractivity (Wildman–Crippen MR) is 62.9 cm³/mol. The molecule has 0 aromatic carbocycles. The lowest BCUT2D eigenvalue weighted by Crippen LogP contribution is -2.30. The molecule has 0 bridgehead atoms. The molecule has 1 N–H and O–H groups in total. The number of nitrogens with one attached hydrogen (secondary N) is 1. The van der Waals surface area contributed by atoms with Crippen LogP contribution in [0, 0.1) is 6.92 Å². The van der Waals surface area contributed by atoms with Gasteiger partial charge in [0, 0.05) is 24.4 Å². The summed E-state index contributed by atoms with van der Waals surface area (Å²) in [7, 11) is 0. The van der Waals surface area contributed by atoms with E-state index in [0.29, 0.717) is 6.04 Å². The van der Waals surface area contributed by atoms with Crippen molar-refractivity contribution in [3.8, 4) is 0 Å². The lowest BCUT2D eigenvalue weighted by molar-refractivity contribution is 0.503. The molecule has 0 saturated carbocycles. The molecule has 2 heterocycles. The molecule has 0 radical (unpaired) electrons. The molecule has 2 rings (SSSR count). The van der Waals surface area contributed by atoms with Crippen molar-refractivity contribution < 1.29 is 0 Å². The van der Waals surface area contributed by atoms with Crippen LogP contribution in [0.5, 0.6) is 0 Å². The molecule has 1 aliphatic rings. The summed E-state index contributed by atoms with van der Waals surface area (Å²) >= 11 is 0. The van der Waals surface area contributed by atoms with Crippen molar-refractivity contribution in [3.63, 3.8) is 0 Å². The Labute approximate surface area is 92.1 Å². The Morgan fingerprint density at radius 2 is 2.33 bits per heavy atom. The van der Waals surface area contributed by atoms with Crippen molar-refractivity contribution in [1.82, 2.24) is 10.3 Å². The maximum Gasteiger partial charge on any atom is 0.0421 e. The first-order valence-corrected chi connectivity index (χ1v) is 5.99. The van der Waals surface area contributed by atoms with E-state index in [0.717, 1.165) is 6.42 Å². The van der Waals surface area contributed by atoms with Crippen LogP contribution in [0.25, 0.3) is 0 Å². The van der Waals surface area contributed by atoms with Crippen LogP contribution in [0.15, 0.2) is 18.3 Å². The average Bonchev–Trinajstić information content (AvgIpc) is 2.46. The van der Waals surface area contributed by atoms with Gasteiger partial charge < -0.3 is 5.32 Å². The highest BCUT2D eigenvalue weighted by atomic mass is 14.9. The molecule has 1 aliphatic heterocycles. The van der Waals surface area contributed by atoms with Crippen LogP contribution in [-0.2, 0) is 6.42 Å². The monoisotopic (exact) mass is 204 g/mol. The maximum absolute atomic E-state index is 4.42. The fourth-order valence-corrected chi connectivity index (χ4v) is 2.24. The number of aryl methyl sites for hydroxylation is 1. The number of hydrogen-bond donors (Lipinski definition) is 1. The maximum atomic E-state index is 4.42. The molecule has 0 amide bonds. The van der Waals surface area contributed by atoms with Crippen LogP contribution in [0.3, 0.4) is 0 Å². The van der Waals surface area contributed by atoms with Crippen LogP contribution in [0.4, 0.5) is 0 Å². The van der Waals surface area contributed by atoms with Crippen molar-refractivity contribution in [2.45, 2.75) is 45.1 Å². The Bertz CT molecular complexity index is 301. The van der Waals surface area contributed by atoms with E-state index in [4.69, 9.17) is 0 Å². The van der Waals surface area contributed by atoms with Crippen LogP contribution < -0.4 is 5.32 Å². The molecular formula is C13H20N2. The van der Waals surface area contributed by atoms with Crippen molar-refractivity contribution in [2.24, 2.45) is 0 Å². The van der Waals surface area contributed by atoms with Gasteiger partial charge in [0.15, 0.2) is 0 Å². The number of hydrogen-bond acceptors (Lipinski definition) is 2. The molecule has 1 atom stereocenters. The summed E-state index contributed by atoms with van der Waals surface area (Å²) < 4.78 is 0. The third-order valence-electron chi connectivity index (χ3n) is 3.09. The SMILES string of the molecule is Cc1ccnc(C[C@@H]2CCCCCN2)c1. The molecule has 1 aromatic rings. The van der Waals surface area contributed by atoms with Gasteiger partial charge in [-0.15, -0.1) is 0 Å². The Kier molecular flexibility index (Phi) is 3.73. The minimum atomic E-state index is 0.641. The van der Waals surface area contributed by atoms with E-state index in [9.17, 15) is 0 Å². The highest BCUT2D eigenvalue weighted by Gasteiger charge is 2.12. The second kappa shape index (κ2) is 5.26. The highest BCUT2D eigenvalue weighted by Crippen LogP contribution is 2.12. The minimum absolute atomic E-state index is 0.641. The van der Waals surface area contributed by atoms with Gasteiger partial charge in [-0.05, 0) is 44.0 Å². The number of nitrogens with zero attached hydrogens (tertiary/aromatic N) is 1. The van der Waals surface area contributed by atoms with Crippen molar-refractivity contribution in [1.29, 1.82) is 0 Å². The summed E-state index contributed by atoms with van der Waals surface area (Å²) in [5, 5.41) is 3.61. The molecule has 0 unspecified atom stereocenters. The van der Waals surface area contributed by atoms with Crippen molar-refractivity contribution in [2.75, 3.05) is 6.54 Å². The fourth-order valence-electron chi connectivity index (χ4n) is 2.24. The quantitative estimate of drug-likeness (QED) is 0.800. The average molecular weight is 204 g/mol. The standard InChI is InChI=1S/C13H20N2/c1-11-6-8-15-13(9-11)10-12-5-3-2-4-7-14-12/h6,8-9,12,14H,2-5,7,10H2,1H3/t12-/m0/s1. The Morgan fingerprint density at radius 3 is 3.20 bits per heavy atom. The van der Waals surface area contributed by atoms with E-state index in [1.165, 1.54) is 43.5 Å². The fraction of sp³-hybridized carbons (Fsp3) is 0.615. The summed E-state index contributed by atoms with van der Waals surface area (Å²) in [6.45, 7) is 3.31. The largest absolute Gasteiger partial charge is 0.314 e. The minimum Gasteiger partial charge on any atom is -0.314 e. The summed E-state index contributed by atoms with van der Waals surface area (Å²) in [5.41, 5.74) is 2.54. The first kappa shape index (κ1) is 10.6. The van der Waals surface area contributed by atoms with E-state index in [1.54, 1.807) is 0 Å². The molecule has 15 heavy (non-hydrogen) atoms. The van der Waals surface area contributed by atoms with Crippen LogP contribution in [0.2, 0.25) is 0 Å². The molecule has 0 aliphatic carbocycles. The summed E-state index contributed by atoms with van der Waals surface area (Å²) in [6.07, 6.45) is 8.38. The first-order valence-electron chi connectivity index (χ1n) is 5.99. The molecule has 2 nitrogen and oxygen atoms in total. The third-order valence-corrected chi connectivity index (χ3v) is 3.09. The van der Waals surface area contributed by atoms with E-state index in [1.807, 2.05) is 6.20 Å². The molecule has 1 fully saturated rings. The van der Waals surface area contributed by atoms with Gasteiger partial charge in [0.2, 0.25) is 0 Å². The molecule has 82 valence electrons. The van der Waals surface area contributed by atoms with Gasteiger partial charge >= 0.3 is 0 Å². The topological polar surface area (TPSA) is 24.9 Å². The first-order chi connectivity index (χ1) is 7.34. The lowest BCUT2D eigenvalue weighted by Gasteiger charge is -2.15. The molecule has 1 aromatic heterocycles. The second-order valence-corrected chi connectivity index (χ2v) is 4.53. The molecule has 0 spiro atoms. The van der Waals surface area contributed by atoms with Gasteiger partial charge in [0.1, 0.15) is 0 Å². The van der Waals surface area contributed by atoms with Gasteiger partial charge in [-0.1, -0.05) is 12.8 Å². The highest BCUT2D eigenvalue weighted by molar-refractivity contribution is 5.15. The Morgan fingerprint density at radius 1 is 1.40 bits per heavy atom. The zero-order valence-corrected chi connectivity index (χ0v) is 9.50. The number of rotatable bonds is 2. The molecule has 1 saturated heterocycles. The van der Waals surface area contributed by atoms with Crippen molar-refractivity contribution in [3.05, 3.63) is 29.6 Å². The van der Waals surface area contributed by atoms with Gasteiger partial charge in [-0.2, -0.15) is 0 Å². The molecule has 2 heteroatoms. The lowest BCUT2D eigenvalue weighted by atomic mass is 10.0. The Balaban J connectivity index is 1.95. The smallest absolute Gasteiger partial charge is 0.0421 e. The number of aromatic nitrogens is 1. The summed E-state index contributed by atoms with van der Waals surface area (Å²) in [5.74, 6) is 0. The zero-order chi connectivity index (χ0) is 10.5. The molecular weight excluding hydrogens is 184 g/mol. The van der Waals surface area contributed by atoms with Crippen LogP contribution in [-0.4, -0.2) is 17.6 Å². The summed E-state index contributed by atoms with van der Waals surface area (Å²) in [6, 6.07) is 4.90. The van der Waals surface area contributed by atoms with Crippen molar-refractivity contribution >= 4 is 0 Å². The van der Waals surface area contributed by atoms with Crippen LogP contribution in [0.1, 0.15) is 36.9 Å². The Hall–Kier alpha value is -0.890. The van der Waals surface area contributed by atoms with Gasteiger partial charge in [-0.3, -0.25) is 4.98 Å². The second-order valence-electron chi connectivity index (χ2n) is 4.53. The normalized spacial score (nSPS) is 22.3. The van der Waals surface area contributed by atoms with E-state index in [-0.39, 0.29) is 0 Å². The van der Waals surface area contributed by atoms with Gasteiger partial charge in [0.05, 0.1) is 0 Å². The van der Waals surface area contributed by atoms with E-state index in [2.05, 4.69) is 29.4 Å². The van der Waals surface area contributed by atoms with Gasteiger partial charge in [-0.25, -0.2) is 0 Å². The van der Waals surface area contributed by atoms with E-state index >= 15 is 0 Å².